The van der Waals surface area contributed by atoms with Gasteiger partial charge in [0.05, 0.1) is 0 Å². The number of nitrogen functional groups attached to an aromatic ring is 1. The van der Waals surface area contributed by atoms with E-state index in [-0.39, 0.29) is 0 Å². The molecule has 0 amide bonds. The Kier molecular flexibility index (Phi) is 4.29. The summed E-state index contributed by atoms with van der Waals surface area (Å²) in [7, 11) is 0. The first-order chi connectivity index (χ1) is 4.80. The van der Waals surface area contributed by atoms with Crippen LogP contribution in [0.5, 0.6) is 0 Å². The second-order valence-electron chi connectivity index (χ2n) is 1.71. The first-order valence-electron chi connectivity index (χ1n) is 3.48. The highest BCUT2D eigenvalue weighted by molar-refractivity contribution is 5.36. The molecule has 0 aliphatic rings. The zero-order valence-electron chi connectivity index (χ0n) is 6.76. The highest BCUT2D eigenvalue weighted by Gasteiger charge is 1.86. The van der Waals surface area contributed by atoms with Gasteiger partial charge < -0.3 is 5.73 Å². The fourth-order valence-corrected chi connectivity index (χ4v) is 0.498. The Morgan fingerprint density at radius 2 is 2.00 bits per heavy atom. The summed E-state index contributed by atoms with van der Waals surface area (Å²) in [4.78, 5) is 3.86. The molecule has 0 aliphatic carbocycles. The van der Waals surface area contributed by atoms with Crippen LogP contribution in [0.3, 0.4) is 0 Å². The summed E-state index contributed by atoms with van der Waals surface area (Å²) in [6.45, 7) is 5.93. The number of aryl methyl sites for hydroxylation is 1. The number of hydrogen-bond acceptors (Lipinski definition) is 2. The molecular weight excluding hydrogens is 124 g/mol. The highest BCUT2D eigenvalue weighted by atomic mass is 14.8. The number of nitrogens with two attached hydrogens (primary N) is 1. The van der Waals surface area contributed by atoms with Crippen molar-refractivity contribution in [2.45, 2.75) is 20.8 Å². The smallest absolute Gasteiger partial charge is 0.126 e. The van der Waals surface area contributed by atoms with Crippen molar-refractivity contribution in [2.75, 3.05) is 5.73 Å². The van der Waals surface area contributed by atoms with Gasteiger partial charge in [0, 0.05) is 6.20 Å². The van der Waals surface area contributed by atoms with Crippen molar-refractivity contribution in [1.82, 2.24) is 4.98 Å². The molecule has 2 N–H and O–H groups in total. The SMILES string of the molecule is CC.Cc1cccnc1N. The van der Waals surface area contributed by atoms with Gasteiger partial charge in [-0.05, 0) is 18.6 Å². The Labute approximate surface area is 62.1 Å². The minimum Gasteiger partial charge on any atom is -0.383 e. The van der Waals surface area contributed by atoms with Crippen molar-refractivity contribution in [3.05, 3.63) is 23.9 Å². The van der Waals surface area contributed by atoms with Gasteiger partial charge in [-0.25, -0.2) is 4.98 Å². The second kappa shape index (κ2) is 4.79. The topological polar surface area (TPSA) is 38.9 Å². The number of nitrogens with zero attached hydrogens (tertiary/aromatic N) is 1. The van der Waals surface area contributed by atoms with E-state index in [2.05, 4.69) is 4.98 Å². The molecule has 1 heterocycles. The van der Waals surface area contributed by atoms with Crippen LogP contribution in [-0.2, 0) is 0 Å². The van der Waals surface area contributed by atoms with Crippen molar-refractivity contribution >= 4 is 5.82 Å². The van der Waals surface area contributed by atoms with E-state index in [9.17, 15) is 0 Å². The molecule has 56 valence electrons. The number of hydrogen-bond donors (Lipinski definition) is 1. The van der Waals surface area contributed by atoms with Gasteiger partial charge in [-0.15, -0.1) is 0 Å². The van der Waals surface area contributed by atoms with Crippen LogP contribution in [0.1, 0.15) is 19.4 Å². The Hall–Kier alpha value is -1.05. The predicted octanol–water partition coefficient (Wildman–Crippen LogP) is 2.00. The van der Waals surface area contributed by atoms with Crippen LogP contribution in [-0.4, -0.2) is 4.98 Å². The second-order valence-corrected chi connectivity index (χ2v) is 1.71. The van der Waals surface area contributed by atoms with Gasteiger partial charge in [-0.2, -0.15) is 0 Å². The Balaban J connectivity index is 0.000000371. The molecule has 1 rings (SSSR count). The summed E-state index contributed by atoms with van der Waals surface area (Å²) in [5, 5.41) is 0. The summed E-state index contributed by atoms with van der Waals surface area (Å²) in [5.41, 5.74) is 6.44. The Morgan fingerprint density at radius 1 is 1.40 bits per heavy atom. The summed E-state index contributed by atoms with van der Waals surface area (Å²) < 4.78 is 0. The van der Waals surface area contributed by atoms with Crippen LogP contribution in [0, 0.1) is 6.92 Å². The summed E-state index contributed by atoms with van der Waals surface area (Å²) in [6.07, 6.45) is 1.68. The van der Waals surface area contributed by atoms with Crippen LogP contribution >= 0.6 is 0 Å². The average Bonchev–Trinajstić information content (AvgIpc) is 2.00. The molecule has 2 nitrogen and oxygen atoms in total. The maximum Gasteiger partial charge on any atom is 0.126 e. The predicted molar refractivity (Wildman–Crippen MR) is 44.7 cm³/mol. The molecule has 0 saturated carbocycles. The van der Waals surface area contributed by atoms with E-state index in [1.807, 2.05) is 32.9 Å². The molecule has 0 saturated heterocycles. The number of aromatic nitrogens is 1. The molecule has 2 heteroatoms. The molecule has 0 spiro atoms. The fraction of sp³-hybridized carbons (Fsp3) is 0.375. The van der Waals surface area contributed by atoms with Gasteiger partial charge in [0.15, 0.2) is 0 Å². The van der Waals surface area contributed by atoms with E-state index in [0.717, 1.165) is 5.56 Å². The van der Waals surface area contributed by atoms with Crippen LogP contribution in [0.4, 0.5) is 5.82 Å². The Morgan fingerprint density at radius 3 is 2.30 bits per heavy atom. The third-order valence-corrected chi connectivity index (χ3v) is 1.05. The van der Waals surface area contributed by atoms with E-state index in [4.69, 9.17) is 5.73 Å². The molecular formula is C8H14N2. The molecule has 0 aliphatic heterocycles. The van der Waals surface area contributed by atoms with E-state index < -0.39 is 0 Å². The number of anilines is 1. The third-order valence-electron chi connectivity index (χ3n) is 1.05. The molecule has 0 unspecified atom stereocenters. The highest BCUT2D eigenvalue weighted by Crippen LogP contribution is 2.01. The standard InChI is InChI=1S/C6H8N2.C2H6/c1-5-3-2-4-8-6(5)7;1-2/h2-4H,1H3,(H2,7,8);1-2H3. The van der Waals surface area contributed by atoms with Crippen LogP contribution in [0.15, 0.2) is 18.3 Å². The lowest BCUT2D eigenvalue weighted by molar-refractivity contribution is 1.28. The summed E-state index contributed by atoms with van der Waals surface area (Å²) in [6, 6.07) is 3.80. The lowest BCUT2D eigenvalue weighted by Gasteiger charge is -1.92. The number of rotatable bonds is 0. The lowest BCUT2D eigenvalue weighted by Crippen LogP contribution is -1.90. The van der Waals surface area contributed by atoms with Gasteiger partial charge >= 0.3 is 0 Å². The largest absolute Gasteiger partial charge is 0.383 e. The first-order valence-corrected chi connectivity index (χ1v) is 3.48. The van der Waals surface area contributed by atoms with Crippen molar-refractivity contribution in [3.63, 3.8) is 0 Å². The third kappa shape index (κ3) is 2.49. The molecule has 0 atom stereocenters. The molecule has 10 heavy (non-hydrogen) atoms. The maximum absolute atomic E-state index is 5.41. The van der Waals surface area contributed by atoms with Gasteiger partial charge in [-0.1, -0.05) is 19.9 Å². The van der Waals surface area contributed by atoms with Crippen LogP contribution in [0.2, 0.25) is 0 Å². The maximum atomic E-state index is 5.41. The zero-order valence-corrected chi connectivity index (χ0v) is 6.76. The Bertz CT molecular complexity index is 163. The van der Waals surface area contributed by atoms with Gasteiger partial charge in [0.2, 0.25) is 0 Å². The minimum absolute atomic E-state index is 0.618. The van der Waals surface area contributed by atoms with E-state index >= 15 is 0 Å². The average molecular weight is 138 g/mol. The molecule has 0 radical (unpaired) electrons. The molecule has 1 aromatic rings. The van der Waals surface area contributed by atoms with E-state index in [1.54, 1.807) is 6.20 Å². The molecule has 0 fully saturated rings. The fourth-order valence-electron chi connectivity index (χ4n) is 0.498. The van der Waals surface area contributed by atoms with E-state index in [0.29, 0.717) is 5.82 Å². The van der Waals surface area contributed by atoms with Gasteiger partial charge in [0.1, 0.15) is 5.82 Å². The van der Waals surface area contributed by atoms with E-state index in [1.165, 1.54) is 0 Å². The lowest BCUT2D eigenvalue weighted by atomic mass is 10.3. The van der Waals surface area contributed by atoms with Crippen molar-refractivity contribution in [1.29, 1.82) is 0 Å². The minimum atomic E-state index is 0.618. The monoisotopic (exact) mass is 138 g/mol. The number of pyridine rings is 1. The van der Waals surface area contributed by atoms with Crippen LogP contribution in [0.25, 0.3) is 0 Å². The molecule has 1 aromatic heterocycles. The van der Waals surface area contributed by atoms with Gasteiger partial charge in [-0.3, -0.25) is 0 Å². The van der Waals surface area contributed by atoms with Crippen molar-refractivity contribution in [2.24, 2.45) is 0 Å². The van der Waals surface area contributed by atoms with Crippen LogP contribution < -0.4 is 5.73 Å². The molecule has 0 aromatic carbocycles. The van der Waals surface area contributed by atoms with Crippen molar-refractivity contribution < 1.29 is 0 Å². The summed E-state index contributed by atoms with van der Waals surface area (Å²) >= 11 is 0. The zero-order chi connectivity index (χ0) is 7.98. The summed E-state index contributed by atoms with van der Waals surface area (Å²) in [5.74, 6) is 0.618. The normalized spacial score (nSPS) is 7.90. The quantitative estimate of drug-likeness (QED) is 0.595. The van der Waals surface area contributed by atoms with Crippen molar-refractivity contribution in [3.8, 4) is 0 Å². The van der Waals surface area contributed by atoms with Gasteiger partial charge in [0.25, 0.3) is 0 Å². The first kappa shape index (κ1) is 8.95. The molecule has 0 bridgehead atoms.